The molecule has 0 aliphatic carbocycles. The maximum atomic E-state index is 6.06. The summed E-state index contributed by atoms with van der Waals surface area (Å²) in [5, 5.41) is 1.39. The monoisotopic (exact) mass is 271 g/mol. The van der Waals surface area contributed by atoms with Crippen LogP contribution in [0.15, 0.2) is 24.3 Å². The van der Waals surface area contributed by atoms with Gasteiger partial charge in [0.25, 0.3) is 0 Å². The minimum Gasteiger partial charge on any atom is -0.343 e. The van der Waals surface area contributed by atoms with Crippen LogP contribution in [0.4, 0.5) is 0 Å². The number of benzene rings is 1. The number of hydrogen-bond acceptors (Lipinski definition) is 2. The number of para-hydroxylation sites is 1. The van der Waals surface area contributed by atoms with Crippen LogP contribution >= 0.6 is 0 Å². The third kappa shape index (κ3) is 2.36. The summed E-state index contributed by atoms with van der Waals surface area (Å²) in [7, 11) is 0. The first-order valence-corrected chi connectivity index (χ1v) is 7.86. The molecule has 3 nitrogen and oxygen atoms in total. The van der Waals surface area contributed by atoms with E-state index in [9.17, 15) is 0 Å². The Hall–Kier alpha value is -1.32. The van der Waals surface area contributed by atoms with E-state index in [2.05, 4.69) is 40.7 Å². The van der Waals surface area contributed by atoms with Gasteiger partial charge in [0.2, 0.25) is 0 Å². The summed E-state index contributed by atoms with van der Waals surface area (Å²) in [6, 6.07) is 8.74. The largest absolute Gasteiger partial charge is 0.343 e. The molecule has 1 saturated heterocycles. The number of rotatable bonds is 4. The fourth-order valence-electron chi connectivity index (χ4n) is 3.54. The lowest BCUT2D eigenvalue weighted by Gasteiger charge is -2.26. The first-order chi connectivity index (χ1) is 9.85. The Balaban J connectivity index is 2.03. The molecule has 1 aromatic carbocycles. The highest BCUT2D eigenvalue weighted by atomic mass is 15.1. The molecule has 2 N–H and O–H groups in total. The summed E-state index contributed by atoms with van der Waals surface area (Å²) in [4.78, 5) is 2.59. The second kappa shape index (κ2) is 5.98. The first kappa shape index (κ1) is 13.7. The number of nitrogens with zero attached hydrogens (tertiary/aromatic N) is 2. The summed E-state index contributed by atoms with van der Waals surface area (Å²) in [5.41, 5.74) is 10.2. The lowest BCUT2D eigenvalue weighted by atomic mass is 10.1. The van der Waals surface area contributed by atoms with Gasteiger partial charge in [0.1, 0.15) is 0 Å². The Kier molecular flexibility index (Phi) is 4.08. The van der Waals surface area contributed by atoms with Crippen molar-refractivity contribution < 1.29 is 0 Å². The quantitative estimate of drug-likeness (QED) is 0.927. The molecule has 0 spiro atoms. The maximum absolute atomic E-state index is 6.06. The smallest absolute Gasteiger partial charge is 0.0486 e. The molecule has 1 aliphatic heterocycles. The van der Waals surface area contributed by atoms with Crippen molar-refractivity contribution in [2.75, 3.05) is 13.1 Å². The second-order valence-corrected chi connectivity index (χ2v) is 5.73. The van der Waals surface area contributed by atoms with Crippen LogP contribution < -0.4 is 5.73 Å². The molecule has 1 fully saturated rings. The predicted molar refractivity (Wildman–Crippen MR) is 84.6 cm³/mol. The zero-order chi connectivity index (χ0) is 13.9. The Morgan fingerprint density at radius 2 is 1.85 bits per heavy atom. The van der Waals surface area contributed by atoms with Crippen molar-refractivity contribution >= 4 is 10.9 Å². The van der Waals surface area contributed by atoms with E-state index < -0.39 is 0 Å². The molecular formula is C17H25N3. The van der Waals surface area contributed by atoms with Gasteiger partial charge in [0, 0.05) is 36.2 Å². The zero-order valence-electron chi connectivity index (χ0n) is 12.4. The summed E-state index contributed by atoms with van der Waals surface area (Å²) in [6.07, 6.45) is 4.06. The van der Waals surface area contributed by atoms with Crippen LogP contribution in [0.1, 0.15) is 37.4 Å². The van der Waals surface area contributed by atoms with Crippen molar-refractivity contribution in [3.05, 3.63) is 35.5 Å². The van der Waals surface area contributed by atoms with Crippen LogP contribution in [0, 0.1) is 0 Å². The second-order valence-electron chi connectivity index (χ2n) is 5.73. The van der Waals surface area contributed by atoms with Crippen LogP contribution in [-0.4, -0.2) is 22.6 Å². The summed E-state index contributed by atoms with van der Waals surface area (Å²) < 4.78 is 2.38. The van der Waals surface area contributed by atoms with Gasteiger partial charge in [-0.2, -0.15) is 0 Å². The number of aromatic nitrogens is 1. The van der Waals surface area contributed by atoms with Gasteiger partial charge in [-0.05, 0) is 44.5 Å². The average Bonchev–Trinajstić information content (AvgIpc) is 2.81. The lowest BCUT2D eigenvalue weighted by molar-refractivity contribution is 0.221. The van der Waals surface area contributed by atoms with Crippen molar-refractivity contribution in [3.8, 4) is 0 Å². The van der Waals surface area contributed by atoms with Gasteiger partial charge in [-0.3, -0.25) is 4.90 Å². The average molecular weight is 271 g/mol. The van der Waals surface area contributed by atoms with E-state index in [0.717, 1.165) is 13.1 Å². The molecule has 20 heavy (non-hydrogen) atoms. The Bertz CT molecular complexity index is 579. The third-order valence-corrected chi connectivity index (χ3v) is 4.53. The highest BCUT2D eigenvalue weighted by molar-refractivity contribution is 5.85. The molecule has 0 saturated carbocycles. The van der Waals surface area contributed by atoms with Crippen LogP contribution in [0.25, 0.3) is 10.9 Å². The SMILES string of the molecule is CCn1c(CN)c(CN2CCCCC2)c2ccccc21. The fraction of sp³-hybridized carbons (Fsp3) is 0.529. The van der Waals surface area contributed by atoms with Gasteiger partial charge in [-0.1, -0.05) is 24.6 Å². The van der Waals surface area contributed by atoms with Crippen molar-refractivity contribution in [1.29, 1.82) is 0 Å². The molecular weight excluding hydrogens is 246 g/mol. The minimum absolute atomic E-state index is 0.631. The van der Waals surface area contributed by atoms with Crippen LogP contribution in [0.5, 0.6) is 0 Å². The van der Waals surface area contributed by atoms with Crippen molar-refractivity contribution in [1.82, 2.24) is 9.47 Å². The summed E-state index contributed by atoms with van der Waals surface area (Å²) in [6.45, 7) is 7.35. The maximum Gasteiger partial charge on any atom is 0.0486 e. The van der Waals surface area contributed by atoms with E-state index >= 15 is 0 Å². The predicted octanol–water partition coefficient (Wildman–Crippen LogP) is 3.11. The molecule has 108 valence electrons. The van der Waals surface area contributed by atoms with E-state index in [1.54, 1.807) is 0 Å². The summed E-state index contributed by atoms with van der Waals surface area (Å²) >= 11 is 0. The van der Waals surface area contributed by atoms with Crippen molar-refractivity contribution in [2.45, 2.75) is 45.8 Å². The molecule has 0 atom stereocenters. The van der Waals surface area contributed by atoms with Crippen molar-refractivity contribution in [2.24, 2.45) is 5.73 Å². The summed E-state index contributed by atoms with van der Waals surface area (Å²) in [5.74, 6) is 0. The molecule has 2 heterocycles. The normalized spacial score (nSPS) is 16.9. The molecule has 0 unspecified atom stereocenters. The number of hydrogen-bond donors (Lipinski definition) is 1. The van der Waals surface area contributed by atoms with Gasteiger partial charge in [0.15, 0.2) is 0 Å². The lowest BCUT2D eigenvalue weighted by Crippen LogP contribution is -2.29. The Morgan fingerprint density at radius 1 is 1.10 bits per heavy atom. The zero-order valence-corrected chi connectivity index (χ0v) is 12.4. The van der Waals surface area contributed by atoms with Gasteiger partial charge >= 0.3 is 0 Å². The number of nitrogens with two attached hydrogens (primary N) is 1. The standard InChI is InChI=1S/C17H25N3/c1-2-20-16-9-5-4-8-14(16)15(17(20)12-18)13-19-10-6-3-7-11-19/h4-5,8-9H,2-3,6-7,10-13,18H2,1H3. The van der Waals surface area contributed by atoms with Gasteiger partial charge < -0.3 is 10.3 Å². The van der Waals surface area contributed by atoms with E-state index in [0.29, 0.717) is 6.54 Å². The van der Waals surface area contributed by atoms with Gasteiger partial charge in [-0.25, -0.2) is 0 Å². The van der Waals surface area contributed by atoms with E-state index in [-0.39, 0.29) is 0 Å². The van der Waals surface area contributed by atoms with E-state index in [1.807, 2.05) is 0 Å². The number of piperidine rings is 1. The Labute approximate surface area is 121 Å². The molecule has 0 radical (unpaired) electrons. The van der Waals surface area contributed by atoms with Gasteiger partial charge in [0.05, 0.1) is 0 Å². The minimum atomic E-state index is 0.631. The number of likely N-dealkylation sites (tertiary alicyclic amines) is 1. The third-order valence-electron chi connectivity index (χ3n) is 4.53. The fourth-order valence-corrected chi connectivity index (χ4v) is 3.54. The highest BCUT2D eigenvalue weighted by Crippen LogP contribution is 2.28. The molecule has 1 aliphatic rings. The Morgan fingerprint density at radius 3 is 2.55 bits per heavy atom. The van der Waals surface area contributed by atoms with Crippen LogP contribution in [-0.2, 0) is 19.6 Å². The number of aryl methyl sites for hydroxylation is 1. The van der Waals surface area contributed by atoms with E-state index in [1.165, 1.54) is 54.5 Å². The molecule has 2 aromatic rings. The highest BCUT2D eigenvalue weighted by Gasteiger charge is 2.18. The molecule has 0 bridgehead atoms. The number of fused-ring (bicyclic) bond motifs is 1. The van der Waals surface area contributed by atoms with Gasteiger partial charge in [-0.15, -0.1) is 0 Å². The van der Waals surface area contributed by atoms with Crippen LogP contribution in [0.3, 0.4) is 0 Å². The topological polar surface area (TPSA) is 34.2 Å². The molecule has 3 rings (SSSR count). The van der Waals surface area contributed by atoms with E-state index in [4.69, 9.17) is 5.73 Å². The molecule has 3 heteroatoms. The molecule has 0 amide bonds. The molecule has 1 aromatic heterocycles. The van der Waals surface area contributed by atoms with Crippen molar-refractivity contribution in [3.63, 3.8) is 0 Å². The first-order valence-electron chi connectivity index (χ1n) is 7.86. The van der Waals surface area contributed by atoms with Crippen LogP contribution in [0.2, 0.25) is 0 Å².